The van der Waals surface area contributed by atoms with Crippen molar-refractivity contribution in [1.82, 2.24) is 4.90 Å². The zero-order valence-electron chi connectivity index (χ0n) is 9.20. The Morgan fingerprint density at radius 2 is 1.67 bits per heavy atom. The molecule has 3 N–H and O–H groups in total. The molecule has 0 unspecified atom stereocenters. The van der Waals surface area contributed by atoms with Crippen LogP contribution in [0.2, 0.25) is 0 Å². The topological polar surface area (TPSA) is 105 Å². The number of hydrogen-bond donors (Lipinski definition) is 1. The van der Waals surface area contributed by atoms with E-state index in [0.717, 1.165) is 13.0 Å². The van der Waals surface area contributed by atoms with Crippen molar-refractivity contribution in [2.45, 2.75) is 12.6 Å². The van der Waals surface area contributed by atoms with Crippen molar-refractivity contribution in [3.05, 3.63) is 12.2 Å². The van der Waals surface area contributed by atoms with Gasteiger partial charge in [0.15, 0.2) is 0 Å². The van der Waals surface area contributed by atoms with Crippen molar-refractivity contribution in [1.29, 1.82) is 0 Å². The molecule has 102 valence electrons. The summed E-state index contributed by atoms with van der Waals surface area (Å²) in [5.41, 5.74) is 3.63. The van der Waals surface area contributed by atoms with Gasteiger partial charge in [-0.2, -0.15) is 13.2 Å². The molecule has 1 aliphatic rings. The molecule has 18 heavy (non-hydrogen) atoms. The number of amides is 2. The molecular weight excluding hydrogens is 257 g/mol. The minimum absolute atomic E-state index is 0.205. The number of carboxylic acids is 1. The number of imide groups is 1. The highest BCUT2D eigenvalue weighted by Gasteiger charge is 2.28. The molecule has 0 aromatic heterocycles. The molecule has 0 saturated carbocycles. The molecule has 0 saturated heterocycles. The Kier molecular flexibility index (Phi) is 6.03. The zero-order valence-corrected chi connectivity index (χ0v) is 9.20. The van der Waals surface area contributed by atoms with Crippen LogP contribution >= 0.6 is 0 Å². The summed E-state index contributed by atoms with van der Waals surface area (Å²) in [7, 11) is 0. The van der Waals surface area contributed by atoms with E-state index in [2.05, 4.69) is 5.73 Å². The normalized spacial score (nSPS) is 14.6. The van der Waals surface area contributed by atoms with Gasteiger partial charge in [0.2, 0.25) is 0 Å². The van der Waals surface area contributed by atoms with Crippen LogP contribution in [0.25, 0.3) is 0 Å². The van der Waals surface area contributed by atoms with E-state index in [1.807, 2.05) is 0 Å². The van der Waals surface area contributed by atoms with Crippen LogP contribution in [0.4, 0.5) is 13.2 Å². The summed E-state index contributed by atoms with van der Waals surface area (Å²) in [5, 5.41) is 8.78. The predicted molar refractivity (Wildman–Crippen MR) is 49.3 cm³/mol. The number of nitrogens with zero attached hydrogens (tertiary/aromatic N) is 1. The van der Waals surface area contributed by atoms with Crippen molar-refractivity contribution in [3.8, 4) is 0 Å². The fraction of sp³-hybridized carbons (Fsp3) is 0.444. The van der Waals surface area contributed by atoms with Crippen LogP contribution in [-0.4, -0.2) is 41.9 Å². The minimum Gasteiger partial charge on any atom is -0.542 e. The van der Waals surface area contributed by atoms with Crippen LogP contribution in [0.15, 0.2) is 12.2 Å². The smallest absolute Gasteiger partial charge is 0.430 e. The summed E-state index contributed by atoms with van der Waals surface area (Å²) in [6.45, 7) is 1.24. The van der Waals surface area contributed by atoms with Crippen LogP contribution < -0.4 is 10.8 Å². The van der Waals surface area contributed by atoms with Gasteiger partial charge < -0.3 is 15.6 Å². The lowest BCUT2D eigenvalue weighted by Crippen LogP contribution is -2.51. The number of quaternary nitrogens is 1. The summed E-state index contributed by atoms with van der Waals surface area (Å²) in [4.78, 5) is 31.8. The van der Waals surface area contributed by atoms with Gasteiger partial charge in [-0.25, -0.2) is 0 Å². The third-order valence-electron chi connectivity index (χ3n) is 1.76. The molecular formula is C9H11F3N2O4. The Hall–Kier alpha value is -1.90. The molecule has 0 aromatic carbocycles. The summed E-state index contributed by atoms with van der Waals surface area (Å²) < 4.78 is 31.5. The van der Waals surface area contributed by atoms with Gasteiger partial charge in [0.1, 0.15) is 5.97 Å². The van der Waals surface area contributed by atoms with Crippen LogP contribution in [-0.2, 0) is 14.4 Å². The molecule has 1 aliphatic heterocycles. The lowest BCUT2D eigenvalue weighted by atomic mass is 10.4. The Labute approximate surface area is 99.8 Å². The third kappa shape index (κ3) is 5.43. The SMILES string of the molecule is O=C([O-])C(F)(F)F.[NH3+]CCCN1C(=O)C=CC1=O. The first-order valence-corrected chi connectivity index (χ1v) is 4.81. The molecule has 6 nitrogen and oxygen atoms in total. The van der Waals surface area contributed by atoms with Crippen molar-refractivity contribution >= 4 is 17.8 Å². The highest BCUT2D eigenvalue weighted by molar-refractivity contribution is 6.12. The minimum atomic E-state index is -5.19. The van der Waals surface area contributed by atoms with E-state index in [4.69, 9.17) is 9.90 Å². The monoisotopic (exact) mass is 268 g/mol. The van der Waals surface area contributed by atoms with Crippen molar-refractivity contribution < 1.29 is 38.4 Å². The van der Waals surface area contributed by atoms with Gasteiger partial charge in [0.05, 0.1) is 6.54 Å². The molecule has 0 radical (unpaired) electrons. The quantitative estimate of drug-likeness (QED) is 0.588. The van der Waals surface area contributed by atoms with Crippen LogP contribution in [0.3, 0.4) is 0 Å². The molecule has 0 fully saturated rings. The van der Waals surface area contributed by atoms with Gasteiger partial charge in [-0.1, -0.05) is 0 Å². The second kappa shape index (κ2) is 6.74. The average molecular weight is 268 g/mol. The first kappa shape index (κ1) is 16.1. The van der Waals surface area contributed by atoms with Gasteiger partial charge in [0, 0.05) is 25.1 Å². The third-order valence-corrected chi connectivity index (χ3v) is 1.76. The van der Waals surface area contributed by atoms with Crippen molar-refractivity contribution in [2.24, 2.45) is 0 Å². The Morgan fingerprint density at radius 1 is 1.28 bits per heavy atom. The number of hydrogen-bond acceptors (Lipinski definition) is 4. The molecule has 0 atom stereocenters. The molecule has 1 rings (SSSR count). The number of aliphatic carboxylic acids is 1. The van der Waals surface area contributed by atoms with Crippen molar-refractivity contribution in [3.63, 3.8) is 0 Å². The fourth-order valence-electron chi connectivity index (χ4n) is 0.921. The second-order valence-corrected chi connectivity index (χ2v) is 3.15. The molecule has 9 heteroatoms. The first-order chi connectivity index (χ1) is 8.20. The van der Waals surface area contributed by atoms with Gasteiger partial charge in [-0.3, -0.25) is 14.5 Å². The van der Waals surface area contributed by atoms with Gasteiger partial charge in [0.25, 0.3) is 11.8 Å². The maximum Gasteiger partial charge on any atom is 0.430 e. The van der Waals surface area contributed by atoms with Crippen LogP contribution in [0.5, 0.6) is 0 Å². The average Bonchev–Trinajstić information content (AvgIpc) is 2.56. The van der Waals surface area contributed by atoms with Gasteiger partial charge in [-0.05, 0) is 0 Å². The van der Waals surface area contributed by atoms with E-state index < -0.39 is 12.1 Å². The zero-order chi connectivity index (χ0) is 14.3. The standard InChI is InChI=1S/C7H10N2O2.C2HF3O2/c8-4-1-5-9-6(10)2-3-7(9)11;3-2(4,5)1(6)7/h2-3H,1,4-5,8H2;(H,6,7). The molecule has 1 heterocycles. The van der Waals surface area contributed by atoms with Gasteiger partial charge >= 0.3 is 6.18 Å². The molecule has 2 amide bonds. The van der Waals surface area contributed by atoms with E-state index in [9.17, 15) is 22.8 Å². The van der Waals surface area contributed by atoms with E-state index in [0.29, 0.717) is 6.54 Å². The summed E-state index contributed by atoms with van der Waals surface area (Å²) in [6, 6.07) is 0. The number of halogens is 3. The maximum atomic E-state index is 10.9. The molecule has 0 bridgehead atoms. The Balaban J connectivity index is 0.000000360. The summed E-state index contributed by atoms with van der Waals surface area (Å²) >= 11 is 0. The highest BCUT2D eigenvalue weighted by Crippen LogP contribution is 2.11. The predicted octanol–water partition coefficient (Wildman–Crippen LogP) is -2.16. The Bertz CT molecular complexity index is 347. The summed E-state index contributed by atoms with van der Waals surface area (Å²) in [6.07, 6.45) is -1.82. The number of alkyl halides is 3. The largest absolute Gasteiger partial charge is 0.542 e. The molecule has 0 spiro atoms. The number of rotatable bonds is 3. The van der Waals surface area contributed by atoms with E-state index in [1.54, 1.807) is 0 Å². The van der Waals surface area contributed by atoms with E-state index in [-0.39, 0.29) is 11.8 Å². The Morgan fingerprint density at radius 3 is 1.94 bits per heavy atom. The lowest BCUT2D eigenvalue weighted by Gasteiger charge is -2.11. The second-order valence-electron chi connectivity index (χ2n) is 3.15. The number of carboxylic acid groups (broad SMARTS) is 1. The fourth-order valence-corrected chi connectivity index (χ4v) is 0.921. The number of carbonyl (C=O) groups is 3. The lowest BCUT2D eigenvalue weighted by molar-refractivity contribution is -0.368. The molecule has 0 aliphatic carbocycles. The van der Waals surface area contributed by atoms with Crippen LogP contribution in [0, 0.1) is 0 Å². The molecule has 0 aromatic rings. The number of carbonyl (C=O) groups excluding carboxylic acids is 3. The highest BCUT2D eigenvalue weighted by atomic mass is 19.4. The first-order valence-electron chi connectivity index (χ1n) is 4.81. The van der Waals surface area contributed by atoms with Crippen molar-refractivity contribution in [2.75, 3.05) is 13.1 Å². The van der Waals surface area contributed by atoms with E-state index >= 15 is 0 Å². The van der Waals surface area contributed by atoms with E-state index in [1.165, 1.54) is 17.1 Å². The van der Waals surface area contributed by atoms with Gasteiger partial charge in [-0.15, -0.1) is 0 Å². The summed E-state index contributed by atoms with van der Waals surface area (Å²) in [5.74, 6) is -3.42. The van der Waals surface area contributed by atoms with Crippen LogP contribution in [0.1, 0.15) is 6.42 Å². The maximum absolute atomic E-state index is 10.9.